The molecule has 0 radical (unpaired) electrons. The number of methoxy groups -OCH3 is 1. The molecule has 1 atom stereocenters. The van der Waals surface area contributed by atoms with Crippen LogP contribution in [0.5, 0.6) is 5.75 Å². The summed E-state index contributed by atoms with van der Waals surface area (Å²) in [6.45, 7) is 1.22. The first kappa shape index (κ1) is 18.5. The molecule has 1 aliphatic rings. The first-order chi connectivity index (χ1) is 11.4. The van der Waals surface area contributed by atoms with Crippen molar-refractivity contribution in [2.45, 2.75) is 37.7 Å². The fourth-order valence-electron chi connectivity index (χ4n) is 2.61. The number of esters is 1. The van der Waals surface area contributed by atoms with E-state index in [0.717, 1.165) is 12.8 Å². The average Bonchev–Trinajstić information content (AvgIpc) is 2.53. The highest BCUT2D eigenvalue weighted by Crippen LogP contribution is 2.24. The van der Waals surface area contributed by atoms with Gasteiger partial charge in [0.05, 0.1) is 7.11 Å². The van der Waals surface area contributed by atoms with Gasteiger partial charge in [-0.2, -0.15) is 0 Å². The zero-order valence-corrected chi connectivity index (χ0v) is 13.3. The SMILES string of the molecule is COC(=O)C(Cc1cccc(OC(F)(F)F)c1)NC1CCOCC1. The largest absolute Gasteiger partial charge is 0.573 e. The van der Waals surface area contributed by atoms with Crippen LogP contribution >= 0.6 is 0 Å². The molecule has 5 nitrogen and oxygen atoms in total. The van der Waals surface area contributed by atoms with E-state index in [1.165, 1.54) is 25.3 Å². The van der Waals surface area contributed by atoms with Crippen LogP contribution < -0.4 is 10.1 Å². The maximum absolute atomic E-state index is 12.3. The molecule has 1 fully saturated rings. The average molecular weight is 347 g/mol. The van der Waals surface area contributed by atoms with Gasteiger partial charge in [-0.1, -0.05) is 12.1 Å². The van der Waals surface area contributed by atoms with E-state index in [1.807, 2.05) is 0 Å². The smallest absolute Gasteiger partial charge is 0.468 e. The number of alkyl halides is 3. The van der Waals surface area contributed by atoms with Gasteiger partial charge < -0.3 is 19.5 Å². The van der Waals surface area contributed by atoms with Gasteiger partial charge in [0.1, 0.15) is 11.8 Å². The Kier molecular flexibility index (Phi) is 6.44. The maximum atomic E-state index is 12.3. The summed E-state index contributed by atoms with van der Waals surface area (Å²) in [5, 5.41) is 3.21. The summed E-state index contributed by atoms with van der Waals surface area (Å²) in [4.78, 5) is 12.0. The maximum Gasteiger partial charge on any atom is 0.573 e. The van der Waals surface area contributed by atoms with E-state index in [0.29, 0.717) is 18.8 Å². The molecule has 1 N–H and O–H groups in total. The van der Waals surface area contributed by atoms with Crippen molar-refractivity contribution < 1.29 is 32.2 Å². The molecule has 0 amide bonds. The lowest BCUT2D eigenvalue weighted by molar-refractivity contribution is -0.274. The number of carbonyl (C=O) groups is 1. The molecule has 1 heterocycles. The first-order valence-corrected chi connectivity index (χ1v) is 7.63. The summed E-state index contributed by atoms with van der Waals surface area (Å²) in [6, 6.07) is 5.06. The van der Waals surface area contributed by atoms with Crippen molar-refractivity contribution in [3.05, 3.63) is 29.8 Å². The second-order valence-corrected chi connectivity index (χ2v) is 5.53. The van der Waals surface area contributed by atoms with E-state index in [2.05, 4.69) is 10.1 Å². The third kappa shape index (κ3) is 6.01. The molecule has 24 heavy (non-hydrogen) atoms. The summed E-state index contributed by atoms with van der Waals surface area (Å²) >= 11 is 0. The number of nitrogens with one attached hydrogen (secondary N) is 1. The lowest BCUT2D eigenvalue weighted by Crippen LogP contribution is -2.47. The number of halogens is 3. The quantitative estimate of drug-likeness (QED) is 0.801. The van der Waals surface area contributed by atoms with Crippen molar-refractivity contribution >= 4 is 5.97 Å². The minimum Gasteiger partial charge on any atom is -0.468 e. The number of hydrogen-bond donors (Lipinski definition) is 1. The second kappa shape index (κ2) is 8.34. The fraction of sp³-hybridized carbons (Fsp3) is 0.562. The first-order valence-electron chi connectivity index (χ1n) is 7.63. The summed E-state index contributed by atoms with van der Waals surface area (Å²) in [7, 11) is 1.28. The molecular formula is C16H20F3NO4. The molecule has 2 rings (SSSR count). The molecule has 0 saturated carbocycles. The summed E-state index contributed by atoms with van der Waals surface area (Å²) in [5.74, 6) is -0.765. The molecule has 1 aromatic rings. The Morgan fingerprint density at radius 1 is 1.38 bits per heavy atom. The number of benzene rings is 1. The van der Waals surface area contributed by atoms with Crippen LogP contribution in [0.25, 0.3) is 0 Å². The molecular weight excluding hydrogens is 327 g/mol. The predicted octanol–water partition coefficient (Wildman–Crippen LogP) is 2.44. The highest BCUT2D eigenvalue weighted by molar-refractivity contribution is 5.76. The van der Waals surface area contributed by atoms with E-state index in [9.17, 15) is 18.0 Å². The van der Waals surface area contributed by atoms with E-state index in [4.69, 9.17) is 9.47 Å². The van der Waals surface area contributed by atoms with Gasteiger partial charge in [-0.3, -0.25) is 4.79 Å². The van der Waals surface area contributed by atoms with Gasteiger partial charge in [0.25, 0.3) is 0 Å². The van der Waals surface area contributed by atoms with E-state index >= 15 is 0 Å². The molecule has 134 valence electrons. The molecule has 1 saturated heterocycles. The lowest BCUT2D eigenvalue weighted by atomic mass is 10.0. The number of ether oxygens (including phenoxy) is 3. The Bertz CT molecular complexity index is 544. The Morgan fingerprint density at radius 2 is 2.08 bits per heavy atom. The van der Waals surface area contributed by atoms with Crippen LogP contribution in [-0.4, -0.2) is 44.7 Å². The van der Waals surface area contributed by atoms with Gasteiger partial charge in [0, 0.05) is 19.3 Å². The van der Waals surface area contributed by atoms with Crippen LogP contribution in [0.2, 0.25) is 0 Å². The molecule has 8 heteroatoms. The minimum absolute atomic E-state index is 0.109. The highest BCUT2D eigenvalue weighted by Gasteiger charge is 2.31. The molecule has 1 unspecified atom stereocenters. The molecule has 1 aliphatic heterocycles. The molecule has 0 bridgehead atoms. The zero-order valence-electron chi connectivity index (χ0n) is 13.3. The van der Waals surface area contributed by atoms with Crippen LogP contribution in [0.15, 0.2) is 24.3 Å². The van der Waals surface area contributed by atoms with E-state index < -0.39 is 18.4 Å². The highest BCUT2D eigenvalue weighted by atomic mass is 19.4. The van der Waals surface area contributed by atoms with Gasteiger partial charge in [-0.25, -0.2) is 0 Å². The van der Waals surface area contributed by atoms with Gasteiger partial charge >= 0.3 is 12.3 Å². The Hall–Kier alpha value is -1.80. The number of hydrogen-bond acceptors (Lipinski definition) is 5. The van der Waals surface area contributed by atoms with E-state index in [1.54, 1.807) is 6.07 Å². The van der Waals surface area contributed by atoms with Crippen LogP contribution in [-0.2, 0) is 20.7 Å². The third-order valence-electron chi connectivity index (χ3n) is 3.72. The van der Waals surface area contributed by atoms with Crippen LogP contribution in [0.4, 0.5) is 13.2 Å². The van der Waals surface area contributed by atoms with Crippen molar-refractivity contribution in [1.82, 2.24) is 5.32 Å². The van der Waals surface area contributed by atoms with Gasteiger partial charge in [0.15, 0.2) is 0 Å². The van der Waals surface area contributed by atoms with E-state index in [-0.39, 0.29) is 18.2 Å². The summed E-state index contributed by atoms with van der Waals surface area (Å²) < 4.78 is 50.9. The van der Waals surface area contributed by atoms with Crippen molar-refractivity contribution in [2.24, 2.45) is 0 Å². The lowest BCUT2D eigenvalue weighted by Gasteiger charge is -2.27. The Morgan fingerprint density at radius 3 is 2.71 bits per heavy atom. The van der Waals surface area contributed by atoms with Crippen LogP contribution in [0.3, 0.4) is 0 Å². The van der Waals surface area contributed by atoms with Crippen molar-refractivity contribution in [1.29, 1.82) is 0 Å². The topological polar surface area (TPSA) is 56.8 Å². The fourth-order valence-corrected chi connectivity index (χ4v) is 2.61. The Balaban J connectivity index is 2.05. The van der Waals surface area contributed by atoms with Crippen molar-refractivity contribution in [3.8, 4) is 5.75 Å². The second-order valence-electron chi connectivity index (χ2n) is 5.53. The molecule has 1 aromatic carbocycles. The molecule has 0 aliphatic carbocycles. The summed E-state index contributed by atoms with van der Waals surface area (Å²) in [6.07, 6.45) is -3.00. The third-order valence-corrected chi connectivity index (χ3v) is 3.72. The van der Waals surface area contributed by atoms with Crippen LogP contribution in [0.1, 0.15) is 18.4 Å². The van der Waals surface area contributed by atoms with Crippen molar-refractivity contribution in [3.63, 3.8) is 0 Å². The van der Waals surface area contributed by atoms with Gasteiger partial charge in [-0.15, -0.1) is 13.2 Å². The van der Waals surface area contributed by atoms with Gasteiger partial charge in [0.2, 0.25) is 0 Å². The predicted molar refractivity (Wildman–Crippen MR) is 79.6 cm³/mol. The van der Waals surface area contributed by atoms with Gasteiger partial charge in [-0.05, 0) is 37.0 Å². The molecule has 0 spiro atoms. The standard InChI is InChI=1S/C16H20F3NO4/c1-22-15(21)14(20-12-5-7-23-8-6-12)10-11-3-2-4-13(9-11)24-16(17,18)19/h2-4,9,12,14,20H,5-8,10H2,1H3. The number of rotatable bonds is 6. The summed E-state index contributed by atoms with van der Waals surface area (Å²) in [5.41, 5.74) is 0.548. The zero-order chi connectivity index (χ0) is 17.6. The Labute approximate surface area is 138 Å². The minimum atomic E-state index is -4.75. The van der Waals surface area contributed by atoms with Crippen LogP contribution in [0, 0.1) is 0 Å². The monoisotopic (exact) mass is 347 g/mol. The molecule has 0 aromatic heterocycles. The number of carbonyl (C=O) groups excluding carboxylic acids is 1. The van der Waals surface area contributed by atoms with Crippen molar-refractivity contribution in [2.75, 3.05) is 20.3 Å². The normalized spacial score (nSPS) is 17.3.